The molecule has 10 heteroatoms. The number of anilines is 2. The third kappa shape index (κ3) is 5.52. The zero-order valence-corrected chi connectivity index (χ0v) is 19.0. The quantitative estimate of drug-likeness (QED) is 0.494. The van der Waals surface area contributed by atoms with E-state index in [2.05, 4.69) is 10.6 Å². The van der Waals surface area contributed by atoms with Gasteiger partial charge in [-0.1, -0.05) is 12.1 Å². The normalized spacial score (nSPS) is 15.3. The summed E-state index contributed by atoms with van der Waals surface area (Å²) in [5.74, 6) is 0.0661. The molecule has 7 nitrogen and oxygen atoms in total. The van der Waals surface area contributed by atoms with Crippen molar-refractivity contribution < 1.29 is 26.6 Å². The van der Waals surface area contributed by atoms with E-state index in [9.17, 15) is 21.9 Å². The molecule has 1 heterocycles. The predicted octanol–water partition coefficient (Wildman–Crippen LogP) is 4.61. The minimum atomic E-state index is -4.78. The van der Waals surface area contributed by atoms with Crippen LogP contribution in [-0.2, 0) is 21.6 Å². The third-order valence-electron chi connectivity index (χ3n) is 4.87. The molecule has 0 aliphatic carbocycles. The molecule has 4 rings (SSSR count). The Morgan fingerprint density at radius 1 is 1.12 bits per heavy atom. The molecule has 0 saturated heterocycles. The zero-order chi connectivity index (χ0) is 23.6. The van der Waals surface area contributed by atoms with Crippen molar-refractivity contribution in [3.8, 4) is 5.75 Å². The lowest BCUT2D eigenvalue weighted by Gasteiger charge is -2.21. The number of thioether (sulfide) groups is 1. The van der Waals surface area contributed by atoms with Gasteiger partial charge in [-0.3, -0.25) is 9.59 Å². The number of fused-ring (bicyclic) bond motifs is 1. The number of amides is 2. The topological polar surface area (TPSA) is 102 Å². The Kier molecular flexibility index (Phi) is 6.39. The summed E-state index contributed by atoms with van der Waals surface area (Å²) in [4.78, 5) is 25.0. The Labute approximate surface area is 194 Å². The zero-order valence-electron chi connectivity index (χ0n) is 17.4. The fourth-order valence-electron chi connectivity index (χ4n) is 3.14. The Morgan fingerprint density at radius 3 is 2.61 bits per heavy atom. The second-order valence-electron chi connectivity index (χ2n) is 7.31. The number of ether oxygens (including phenoxy) is 1. The maximum absolute atomic E-state index is 13.1. The van der Waals surface area contributed by atoms with Crippen LogP contribution < -0.4 is 15.4 Å². The van der Waals surface area contributed by atoms with Crippen LogP contribution in [0.4, 0.5) is 15.3 Å². The first-order valence-electron chi connectivity index (χ1n) is 9.88. The van der Waals surface area contributed by atoms with Crippen LogP contribution in [0.25, 0.3) is 0 Å². The van der Waals surface area contributed by atoms with Crippen LogP contribution in [0.1, 0.15) is 22.8 Å². The summed E-state index contributed by atoms with van der Waals surface area (Å²) >= 11 is 1.44. The Bertz CT molecular complexity index is 1330. The second kappa shape index (κ2) is 9.24. The lowest BCUT2D eigenvalue weighted by atomic mass is 10.1. The molecule has 0 saturated carbocycles. The number of hydrogen-bond acceptors (Lipinski definition) is 6. The van der Waals surface area contributed by atoms with Crippen molar-refractivity contribution in [2.45, 2.75) is 28.6 Å². The van der Waals surface area contributed by atoms with Gasteiger partial charge in [0, 0.05) is 16.1 Å². The first-order chi connectivity index (χ1) is 15.7. The lowest BCUT2D eigenvalue weighted by Crippen LogP contribution is -2.26. The van der Waals surface area contributed by atoms with Gasteiger partial charge in [-0.25, -0.2) is 0 Å². The summed E-state index contributed by atoms with van der Waals surface area (Å²) in [5, 5.41) is 5.41. The van der Waals surface area contributed by atoms with Crippen molar-refractivity contribution in [1.82, 2.24) is 0 Å². The highest BCUT2D eigenvalue weighted by Crippen LogP contribution is 2.36. The monoisotopic (exact) mass is 486 g/mol. The van der Waals surface area contributed by atoms with Crippen molar-refractivity contribution in [2.75, 3.05) is 10.6 Å². The van der Waals surface area contributed by atoms with Crippen LogP contribution >= 0.6 is 11.8 Å². The van der Waals surface area contributed by atoms with E-state index in [1.165, 1.54) is 30.0 Å². The number of halogens is 1. The van der Waals surface area contributed by atoms with E-state index in [1.807, 2.05) is 13.0 Å². The number of carbonyl (C=O) groups excluding carboxylic acids is 2. The highest BCUT2D eigenvalue weighted by Gasteiger charge is 2.23. The summed E-state index contributed by atoms with van der Waals surface area (Å²) in [6.45, 7) is 1.87. The van der Waals surface area contributed by atoms with Gasteiger partial charge in [0.2, 0.25) is 5.91 Å². The molecule has 1 aliphatic heterocycles. The molecule has 0 spiro atoms. The van der Waals surface area contributed by atoms with E-state index in [-0.39, 0.29) is 23.7 Å². The van der Waals surface area contributed by atoms with E-state index in [0.717, 1.165) is 4.90 Å². The molecule has 1 atom stereocenters. The van der Waals surface area contributed by atoms with Crippen LogP contribution in [0, 0.1) is 0 Å². The summed E-state index contributed by atoms with van der Waals surface area (Å²) in [6.07, 6.45) is 0. The molecule has 33 heavy (non-hydrogen) atoms. The van der Waals surface area contributed by atoms with Gasteiger partial charge < -0.3 is 15.4 Å². The first-order valence-corrected chi connectivity index (χ1v) is 12.1. The smallest absolute Gasteiger partial charge is 0.332 e. The van der Waals surface area contributed by atoms with E-state index < -0.39 is 15.1 Å². The summed E-state index contributed by atoms with van der Waals surface area (Å²) in [6, 6.07) is 17.2. The number of carbonyl (C=O) groups is 2. The van der Waals surface area contributed by atoms with Crippen molar-refractivity contribution in [3.63, 3.8) is 0 Å². The van der Waals surface area contributed by atoms with Gasteiger partial charge in [-0.2, -0.15) is 8.42 Å². The highest BCUT2D eigenvalue weighted by molar-refractivity contribution is 8.01. The fraction of sp³-hybridized carbons (Fsp3) is 0.130. The number of nitrogens with one attached hydrogen (secondary N) is 2. The molecule has 3 aromatic carbocycles. The number of benzene rings is 3. The summed E-state index contributed by atoms with van der Waals surface area (Å²) in [5.41, 5.74) is 2.07. The minimum absolute atomic E-state index is 0.0482. The molecule has 1 aliphatic rings. The molecule has 170 valence electrons. The van der Waals surface area contributed by atoms with Crippen LogP contribution in [0.15, 0.2) is 76.5 Å². The van der Waals surface area contributed by atoms with Crippen LogP contribution in [0.2, 0.25) is 0 Å². The Balaban J connectivity index is 1.38. The Hall–Kier alpha value is -3.37. The predicted molar refractivity (Wildman–Crippen MR) is 124 cm³/mol. The standard InChI is InChI=1S/C23H19FN2O5S2/c1-14-22(27)26-20-12-16(5-10-21(20)32-14)23(28)25-17-6-8-18(9-7-17)31-13-15-3-2-4-19(11-15)33(24,29)30/h2-12,14H,13H2,1H3,(H,25,28)(H,26,27)/t14-/m1/s1. The van der Waals surface area contributed by atoms with Gasteiger partial charge in [0.25, 0.3) is 5.91 Å². The van der Waals surface area contributed by atoms with Gasteiger partial charge in [0.15, 0.2) is 0 Å². The molecule has 0 bridgehead atoms. The molecule has 0 fully saturated rings. The maximum atomic E-state index is 13.1. The van der Waals surface area contributed by atoms with E-state index in [0.29, 0.717) is 28.3 Å². The highest BCUT2D eigenvalue weighted by atomic mass is 32.3. The van der Waals surface area contributed by atoms with Crippen molar-refractivity contribution in [3.05, 3.63) is 77.9 Å². The summed E-state index contributed by atoms with van der Waals surface area (Å²) < 4.78 is 40.8. The van der Waals surface area contributed by atoms with Crippen molar-refractivity contribution in [1.29, 1.82) is 0 Å². The van der Waals surface area contributed by atoms with Gasteiger partial charge in [0.1, 0.15) is 12.4 Å². The molecule has 2 amide bonds. The van der Waals surface area contributed by atoms with Crippen LogP contribution in [0.3, 0.4) is 0 Å². The van der Waals surface area contributed by atoms with Crippen LogP contribution in [-0.4, -0.2) is 25.5 Å². The van der Waals surface area contributed by atoms with E-state index in [1.54, 1.807) is 42.5 Å². The molecule has 0 unspecified atom stereocenters. The second-order valence-corrected chi connectivity index (χ2v) is 10.0. The number of rotatable bonds is 6. The van der Waals surface area contributed by atoms with Crippen molar-refractivity contribution >= 4 is 45.2 Å². The largest absolute Gasteiger partial charge is 0.489 e. The van der Waals surface area contributed by atoms with Gasteiger partial charge >= 0.3 is 10.2 Å². The van der Waals surface area contributed by atoms with Crippen LogP contribution in [0.5, 0.6) is 5.75 Å². The first kappa shape index (κ1) is 22.8. The minimum Gasteiger partial charge on any atom is -0.489 e. The molecular weight excluding hydrogens is 467 g/mol. The maximum Gasteiger partial charge on any atom is 0.332 e. The fourth-order valence-corrected chi connectivity index (χ4v) is 4.61. The van der Waals surface area contributed by atoms with E-state index in [4.69, 9.17) is 4.74 Å². The SMILES string of the molecule is C[C@H]1Sc2ccc(C(=O)Nc3ccc(OCc4cccc(S(=O)(=O)F)c4)cc3)cc2NC1=O. The molecule has 0 aromatic heterocycles. The van der Waals surface area contributed by atoms with Gasteiger partial charge in [0.05, 0.1) is 15.8 Å². The van der Waals surface area contributed by atoms with Gasteiger partial charge in [-0.05, 0) is 67.1 Å². The lowest BCUT2D eigenvalue weighted by molar-refractivity contribution is -0.115. The average molecular weight is 487 g/mol. The molecular formula is C23H19FN2O5S2. The van der Waals surface area contributed by atoms with Gasteiger partial charge in [-0.15, -0.1) is 15.6 Å². The third-order valence-corrected chi connectivity index (χ3v) is 6.86. The molecule has 0 radical (unpaired) electrons. The molecule has 2 N–H and O–H groups in total. The number of hydrogen-bond donors (Lipinski definition) is 2. The molecule has 3 aromatic rings. The van der Waals surface area contributed by atoms with Crippen molar-refractivity contribution in [2.24, 2.45) is 0 Å². The average Bonchev–Trinajstić information content (AvgIpc) is 2.79. The Morgan fingerprint density at radius 2 is 1.88 bits per heavy atom. The van der Waals surface area contributed by atoms with E-state index >= 15 is 0 Å². The summed E-state index contributed by atoms with van der Waals surface area (Å²) in [7, 11) is -4.78.